The fourth-order valence-corrected chi connectivity index (χ4v) is 2.52. The highest BCUT2D eigenvalue weighted by atomic mass is 16.2. The van der Waals surface area contributed by atoms with E-state index in [2.05, 4.69) is 25.7 Å². The Morgan fingerprint density at radius 3 is 2.74 bits per heavy atom. The van der Waals surface area contributed by atoms with Gasteiger partial charge < -0.3 is 10.6 Å². The molecule has 3 rings (SSSR count). The number of amides is 2. The van der Waals surface area contributed by atoms with Crippen LogP contribution < -0.4 is 10.6 Å². The standard InChI is InChI=1S/C15H18N6O2/c1-9(2)18-14(22)12-6-11-5-10(8-21(11)20-12)19-15(23)13-7-16-3-4-17-13/h3-4,6-7,9-10H,5,8H2,1-2H3,(H,18,22)(H,19,23). The summed E-state index contributed by atoms with van der Waals surface area (Å²) >= 11 is 0. The average Bonchev–Trinajstić information content (AvgIpc) is 3.05. The maximum atomic E-state index is 12.1. The lowest BCUT2D eigenvalue weighted by Crippen LogP contribution is -2.36. The number of hydrogen-bond acceptors (Lipinski definition) is 5. The van der Waals surface area contributed by atoms with Crippen molar-refractivity contribution in [1.82, 2.24) is 30.4 Å². The van der Waals surface area contributed by atoms with Crippen molar-refractivity contribution in [3.63, 3.8) is 0 Å². The molecule has 2 amide bonds. The molecule has 23 heavy (non-hydrogen) atoms. The van der Waals surface area contributed by atoms with E-state index < -0.39 is 0 Å². The van der Waals surface area contributed by atoms with Crippen LogP contribution in [0.2, 0.25) is 0 Å². The zero-order valence-electron chi connectivity index (χ0n) is 13.0. The second kappa shape index (κ2) is 6.15. The maximum Gasteiger partial charge on any atom is 0.271 e. The molecule has 0 radical (unpaired) electrons. The average molecular weight is 314 g/mol. The molecular weight excluding hydrogens is 296 g/mol. The van der Waals surface area contributed by atoms with Crippen molar-refractivity contribution in [2.75, 3.05) is 0 Å². The lowest BCUT2D eigenvalue weighted by molar-refractivity contribution is 0.0921. The third-order valence-corrected chi connectivity index (χ3v) is 3.50. The summed E-state index contributed by atoms with van der Waals surface area (Å²) in [5.41, 5.74) is 1.63. The molecule has 120 valence electrons. The molecule has 2 N–H and O–H groups in total. The van der Waals surface area contributed by atoms with Gasteiger partial charge in [0.2, 0.25) is 0 Å². The van der Waals surface area contributed by atoms with E-state index in [0.717, 1.165) is 5.69 Å². The van der Waals surface area contributed by atoms with E-state index in [-0.39, 0.29) is 29.6 Å². The summed E-state index contributed by atoms with van der Waals surface area (Å²) < 4.78 is 1.76. The van der Waals surface area contributed by atoms with Crippen molar-refractivity contribution in [1.29, 1.82) is 0 Å². The highest BCUT2D eigenvalue weighted by Gasteiger charge is 2.27. The first-order valence-electron chi connectivity index (χ1n) is 7.47. The van der Waals surface area contributed by atoms with Crippen LogP contribution in [0.3, 0.4) is 0 Å². The van der Waals surface area contributed by atoms with E-state index in [9.17, 15) is 9.59 Å². The topological polar surface area (TPSA) is 102 Å². The van der Waals surface area contributed by atoms with Crippen LogP contribution in [-0.2, 0) is 13.0 Å². The van der Waals surface area contributed by atoms with Gasteiger partial charge in [-0.05, 0) is 19.9 Å². The van der Waals surface area contributed by atoms with Gasteiger partial charge in [0.05, 0.1) is 18.8 Å². The second-order valence-electron chi connectivity index (χ2n) is 5.80. The smallest absolute Gasteiger partial charge is 0.271 e. The molecule has 3 heterocycles. The predicted octanol–water partition coefficient (Wildman–Crippen LogP) is 0.166. The molecule has 0 spiro atoms. The van der Waals surface area contributed by atoms with Crippen LogP contribution in [0.25, 0.3) is 0 Å². The van der Waals surface area contributed by atoms with Crippen LogP contribution in [-0.4, -0.2) is 43.6 Å². The van der Waals surface area contributed by atoms with Gasteiger partial charge in [-0.25, -0.2) is 4.98 Å². The number of nitrogens with zero attached hydrogens (tertiary/aromatic N) is 4. The van der Waals surface area contributed by atoms with Crippen LogP contribution in [0.4, 0.5) is 0 Å². The Bertz CT molecular complexity index is 701. The van der Waals surface area contributed by atoms with E-state index in [1.165, 1.54) is 18.6 Å². The van der Waals surface area contributed by atoms with Gasteiger partial charge in [-0.1, -0.05) is 0 Å². The molecule has 0 aromatic carbocycles. The monoisotopic (exact) mass is 314 g/mol. The Morgan fingerprint density at radius 2 is 2.09 bits per heavy atom. The molecule has 0 bridgehead atoms. The molecule has 1 atom stereocenters. The van der Waals surface area contributed by atoms with Gasteiger partial charge >= 0.3 is 0 Å². The molecular formula is C15H18N6O2. The Balaban J connectivity index is 1.61. The number of hydrogen-bond donors (Lipinski definition) is 2. The van der Waals surface area contributed by atoms with E-state index >= 15 is 0 Å². The third-order valence-electron chi connectivity index (χ3n) is 3.50. The summed E-state index contributed by atoms with van der Waals surface area (Å²) in [6.07, 6.45) is 5.06. The largest absolute Gasteiger partial charge is 0.348 e. The van der Waals surface area contributed by atoms with E-state index in [4.69, 9.17) is 0 Å². The molecule has 1 aliphatic rings. The van der Waals surface area contributed by atoms with Gasteiger partial charge in [0, 0.05) is 30.6 Å². The molecule has 8 nitrogen and oxygen atoms in total. The van der Waals surface area contributed by atoms with Crippen LogP contribution in [0.15, 0.2) is 24.7 Å². The highest BCUT2D eigenvalue weighted by Crippen LogP contribution is 2.16. The SMILES string of the molecule is CC(C)NC(=O)c1cc2n(n1)CC(NC(=O)c1cnccn1)C2. The van der Waals surface area contributed by atoms with Gasteiger partial charge in [0.15, 0.2) is 0 Å². The molecule has 0 saturated heterocycles. The lowest BCUT2D eigenvalue weighted by atomic mass is 10.2. The minimum absolute atomic E-state index is 0.0609. The van der Waals surface area contributed by atoms with Crippen molar-refractivity contribution < 1.29 is 9.59 Å². The quantitative estimate of drug-likeness (QED) is 0.837. The molecule has 1 aliphatic heterocycles. The highest BCUT2D eigenvalue weighted by molar-refractivity contribution is 5.93. The molecule has 0 saturated carbocycles. The first-order chi connectivity index (χ1) is 11.0. The zero-order valence-corrected chi connectivity index (χ0v) is 13.0. The van der Waals surface area contributed by atoms with Crippen molar-refractivity contribution in [3.05, 3.63) is 41.7 Å². The predicted molar refractivity (Wildman–Crippen MR) is 81.8 cm³/mol. The Hall–Kier alpha value is -2.77. The Labute approximate surface area is 133 Å². The molecule has 2 aromatic heterocycles. The van der Waals surface area contributed by atoms with Gasteiger partial charge in [-0.3, -0.25) is 19.3 Å². The van der Waals surface area contributed by atoms with Crippen molar-refractivity contribution in [2.45, 2.75) is 38.9 Å². The van der Waals surface area contributed by atoms with Crippen molar-refractivity contribution in [2.24, 2.45) is 0 Å². The van der Waals surface area contributed by atoms with Gasteiger partial charge in [-0.15, -0.1) is 0 Å². The fraction of sp³-hybridized carbons (Fsp3) is 0.400. The van der Waals surface area contributed by atoms with Gasteiger partial charge in [-0.2, -0.15) is 5.10 Å². The summed E-state index contributed by atoms with van der Waals surface area (Å²) in [4.78, 5) is 31.8. The number of fused-ring (bicyclic) bond motifs is 1. The van der Waals surface area contributed by atoms with E-state index in [1.54, 1.807) is 10.7 Å². The van der Waals surface area contributed by atoms with Crippen molar-refractivity contribution in [3.8, 4) is 0 Å². The van der Waals surface area contributed by atoms with Crippen LogP contribution >= 0.6 is 0 Å². The Kier molecular flexibility index (Phi) is 4.05. The lowest BCUT2D eigenvalue weighted by Gasteiger charge is -2.11. The number of carbonyl (C=O) groups excluding carboxylic acids is 2. The number of rotatable bonds is 4. The number of nitrogens with one attached hydrogen (secondary N) is 2. The first kappa shape index (κ1) is 15.1. The summed E-state index contributed by atoms with van der Waals surface area (Å²) in [5, 5.41) is 10.0. The summed E-state index contributed by atoms with van der Waals surface area (Å²) in [6, 6.07) is 1.78. The minimum atomic E-state index is -0.258. The van der Waals surface area contributed by atoms with Crippen LogP contribution in [0.1, 0.15) is 40.5 Å². The van der Waals surface area contributed by atoms with Crippen molar-refractivity contribution >= 4 is 11.8 Å². The first-order valence-corrected chi connectivity index (χ1v) is 7.47. The molecule has 1 unspecified atom stereocenters. The molecule has 0 aliphatic carbocycles. The van der Waals surface area contributed by atoms with E-state index in [1.807, 2.05) is 13.8 Å². The molecule has 0 fully saturated rings. The third kappa shape index (κ3) is 3.36. The summed E-state index contributed by atoms with van der Waals surface area (Å²) in [7, 11) is 0. The second-order valence-corrected chi connectivity index (χ2v) is 5.80. The van der Waals surface area contributed by atoms with Gasteiger partial charge in [0.1, 0.15) is 11.4 Å². The molecule has 2 aromatic rings. The zero-order chi connectivity index (χ0) is 16.4. The molecule has 8 heteroatoms. The normalized spacial score (nSPS) is 16.2. The summed E-state index contributed by atoms with van der Waals surface area (Å²) in [5.74, 6) is -0.436. The summed E-state index contributed by atoms with van der Waals surface area (Å²) in [6.45, 7) is 4.34. The number of carbonyl (C=O) groups is 2. The van der Waals surface area contributed by atoms with Crippen LogP contribution in [0, 0.1) is 0 Å². The fourth-order valence-electron chi connectivity index (χ4n) is 2.52. The number of aromatic nitrogens is 4. The maximum absolute atomic E-state index is 12.1. The Morgan fingerprint density at radius 1 is 1.26 bits per heavy atom. The van der Waals surface area contributed by atoms with Crippen LogP contribution in [0.5, 0.6) is 0 Å². The van der Waals surface area contributed by atoms with Gasteiger partial charge in [0.25, 0.3) is 11.8 Å². The van der Waals surface area contributed by atoms with E-state index in [0.29, 0.717) is 18.7 Å². The minimum Gasteiger partial charge on any atom is -0.348 e.